The number of carbonyl (C=O) groups excluding carboxylic acids is 2. The van der Waals surface area contributed by atoms with Crippen LogP contribution in [0, 0.1) is 0 Å². The third-order valence-corrected chi connectivity index (χ3v) is 2.96. The van der Waals surface area contributed by atoms with Crippen molar-refractivity contribution in [2.24, 2.45) is 0 Å². The molecule has 0 aliphatic carbocycles. The Morgan fingerprint density at radius 1 is 0.913 bits per heavy atom. The van der Waals surface area contributed by atoms with E-state index in [1.807, 2.05) is 0 Å². The van der Waals surface area contributed by atoms with Gasteiger partial charge in [-0.15, -0.1) is 0 Å². The van der Waals surface area contributed by atoms with E-state index in [1.54, 1.807) is 23.5 Å². The lowest BCUT2D eigenvalue weighted by Gasteiger charge is -2.10. The van der Waals surface area contributed by atoms with Crippen LogP contribution in [0.15, 0.2) is 48.5 Å². The summed E-state index contributed by atoms with van der Waals surface area (Å²) in [5.74, 6) is -2.65. The van der Waals surface area contributed by atoms with Crippen LogP contribution in [0.3, 0.4) is 0 Å². The van der Waals surface area contributed by atoms with Gasteiger partial charge in [0.25, 0.3) is 5.91 Å². The molecule has 2 rings (SSSR count). The van der Waals surface area contributed by atoms with Gasteiger partial charge in [-0.2, -0.15) is 13.2 Å². The zero-order chi connectivity index (χ0) is 17.0. The molecule has 23 heavy (non-hydrogen) atoms. The number of nitrogens with one attached hydrogen (secondary N) is 2. The molecule has 0 saturated carbocycles. The highest BCUT2D eigenvalue weighted by molar-refractivity contribution is 6.31. The molecule has 0 aliphatic rings. The molecule has 0 heterocycles. The third kappa shape index (κ3) is 4.72. The van der Waals surface area contributed by atoms with E-state index in [4.69, 9.17) is 11.6 Å². The van der Waals surface area contributed by atoms with Crippen LogP contribution in [0.4, 0.5) is 24.5 Å². The van der Waals surface area contributed by atoms with E-state index in [0.717, 1.165) is 6.07 Å². The van der Waals surface area contributed by atoms with Crippen LogP contribution in [0.1, 0.15) is 10.4 Å². The summed E-state index contributed by atoms with van der Waals surface area (Å²) >= 11 is 5.79. The van der Waals surface area contributed by atoms with Crippen molar-refractivity contribution in [1.82, 2.24) is 0 Å². The maximum absolute atomic E-state index is 12.2. The van der Waals surface area contributed by atoms with Gasteiger partial charge in [-0.05, 0) is 36.4 Å². The van der Waals surface area contributed by atoms with Crippen molar-refractivity contribution in [2.75, 3.05) is 10.6 Å². The SMILES string of the molecule is O=C(Nc1cccc(Cl)c1)c1cccc(NC(=O)C(F)(F)F)c1. The molecule has 0 bridgehead atoms. The van der Waals surface area contributed by atoms with Crippen LogP contribution >= 0.6 is 11.6 Å². The molecule has 0 fully saturated rings. The second-order valence-electron chi connectivity index (χ2n) is 4.50. The van der Waals surface area contributed by atoms with Gasteiger partial charge in [-0.25, -0.2) is 0 Å². The summed E-state index contributed by atoms with van der Waals surface area (Å²) in [7, 11) is 0. The topological polar surface area (TPSA) is 58.2 Å². The number of carbonyl (C=O) groups is 2. The minimum absolute atomic E-state index is 0.0879. The number of anilines is 2. The average molecular weight is 343 g/mol. The number of hydrogen-bond donors (Lipinski definition) is 2. The average Bonchev–Trinajstić information content (AvgIpc) is 2.46. The van der Waals surface area contributed by atoms with Crippen molar-refractivity contribution in [1.29, 1.82) is 0 Å². The second-order valence-corrected chi connectivity index (χ2v) is 4.93. The second kappa shape index (κ2) is 6.70. The predicted molar refractivity (Wildman–Crippen MR) is 80.5 cm³/mol. The fourth-order valence-corrected chi connectivity index (χ4v) is 1.90. The number of hydrogen-bond acceptors (Lipinski definition) is 2. The molecular weight excluding hydrogens is 333 g/mol. The maximum Gasteiger partial charge on any atom is 0.471 e. The molecule has 4 nitrogen and oxygen atoms in total. The molecule has 0 spiro atoms. The van der Waals surface area contributed by atoms with Crippen LogP contribution in [0.25, 0.3) is 0 Å². The lowest BCUT2D eigenvalue weighted by atomic mass is 10.2. The van der Waals surface area contributed by atoms with Crippen molar-refractivity contribution in [3.8, 4) is 0 Å². The van der Waals surface area contributed by atoms with Gasteiger partial charge in [0.1, 0.15) is 0 Å². The van der Waals surface area contributed by atoms with Crippen molar-refractivity contribution >= 4 is 34.8 Å². The molecule has 2 aromatic rings. The Labute approximate surface area is 134 Å². The summed E-state index contributed by atoms with van der Waals surface area (Å²) < 4.78 is 36.6. The number of benzene rings is 2. The Balaban J connectivity index is 2.13. The first-order valence-corrected chi connectivity index (χ1v) is 6.68. The molecule has 0 unspecified atom stereocenters. The Bertz CT molecular complexity index is 747. The van der Waals surface area contributed by atoms with Crippen LogP contribution in [-0.2, 0) is 4.79 Å². The van der Waals surface area contributed by atoms with Crippen molar-refractivity contribution < 1.29 is 22.8 Å². The number of rotatable bonds is 3. The van der Waals surface area contributed by atoms with Crippen molar-refractivity contribution in [2.45, 2.75) is 6.18 Å². The van der Waals surface area contributed by atoms with Gasteiger partial charge in [0.15, 0.2) is 0 Å². The van der Waals surface area contributed by atoms with Gasteiger partial charge in [0.2, 0.25) is 0 Å². The minimum atomic E-state index is -5.00. The molecule has 0 atom stereocenters. The van der Waals surface area contributed by atoms with Gasteiger partial charge in [0, 0.05) is 22.0 Å². The molecular formula is C15H10ClF3N2O2. The normalized spacial score (nSPS) is 11.0. The number of alkyl halides is 3. The van der Waals surface area contributed by atoms with Crippen LogP contribution in [0.5, 0.6) is 0 Å². The molecule has 0 aromatic heterocycles. The lowest BCUT2D eigenvalue weighted by Crippen LogP contribution is -2.30. The third-order valence-electron chi connectivity index (χ3n) is 2.72. The molecule has 8 heteroatoms. The first-order chi connectivity index (χ1) is 10.8. The van der Waals surface area contributed by atoms with Crippen LogP contribution < -0.4 is 10.6 Å². The van der Waals surface area contributed by atoms with E-state index >= 15 is 0 Å². The molecule has 2 N–H and O–H groups in total. The minimum Gasteiger partial charge on any atom is -0.322 e. The largest absolute Gasteiger partial charge is 0.471 e. The summed E-state index contributed by atoms with van der Waals surface area (Å²) in [6.45, 7) is 0. The first-order valence-electron chi connectivity index (χ1n) is 6.31. The standard InChI is InChI=1S/C15H10ClF3N2O2/c16-10-4-2-6-12(8-10)20-13(22)9-3-1-5-11(7-9)21-14(23)15(17,18)19/h1-8H,(H,20,22)(H,21,23). The van der Waals surface area contributed by atoms with E-state index in [-0.39, 0.29) is 11.3 Å². The summed E-state index contributed by atoms with van der Waals surface area (Å²) in [5, 5.41) is 4.66. The molecule has 2 aromatic carbocycles. The fraction of sp³-hybridized carbons (Fsp3) is 0.0667. The van der Waals surface area contributed by atoms with Crippen molar-refractivity contribution in [3.63, 3.8) is 0 Å². The van der Waals surface area contributed by atoms with E-state index < -0.39 is 18.0 Å². The molecule has 0 saturated heterocycles. The van der Waals surface area contributed by atoms with E-state index in [1.165, 1.54) is 24.3 Å². The Hall–Kier alpha value is -2.54. The summed E-state index contributed by atoms with van der Waals surface area (Å²) in [6.07, 6.45) is -5.00. The molecule has 0 aliphatic heterocycles. The Kier molecular flexibility index (Phi) is 4.90. The Morgan fingerprint density at radius 2 is 1.52 bits per heavy atom. The smallest absolute Gasteiger partial charge is 0.322 e. The highest BCUT2D eigenvalue weighted by Gasteiger charge is 2.38. The van der Waals surface area contributed by atoms with Crippen LogP contribution in [0.2, 0.25) is 5.02 Å². The van der Waals surface area contributed by atoms with E-state index in [9.17, 15) is 22.8 Å². The van der Waals surface area contributed by atoms with Gasteiger partial charge >= 0.3 is 12.1 Å². The van der Waals surface area contributed by atoms with Gasteiger partial charge in [0.05, 0.1) is 0 Å². The molecule has 120 valence electrons. The maximum atomic E-state index is 12.2. The number of halogens is 4. The number of amides is 2. The quantitative estimate of drug-likeness (QED) is 0.882. The zero-order valence-electron chi connectivity index (χ0n) is 11.4. The molecule has 0 radical (unpaired) electrons. The summed E-state index contributed by atoms with van der Waals surface area (Å²) in [5.41, 5.74) is 0.392. The van der Waals surface area contributed by atoms with E-state index in [0.29, 0.717) is 10.7 Å². The highest BCUT2D eigenvalue weighted by Crippen LogP contribution is 2.20. The molecule has 2 amide bonds. The van der Waals surface area contributed by atoms with Crippen molar-refractivity contribution in [3.05, 3.63) is 59.1 Å². The summed E-state index contributed by atoms with van der Waals surface area (Å²) in [6, 6.07) is 11.6. The predicted octanol–water partition coefficient (Wildman–Crippen LogP) is 4.09. The lowest BCUT2D eigenvalue weighted by molar-refractivity contribution is -0.167. The highest BCUT2D eigenvalue weighted by atomic mass is 35.5. The monoisotopic (exact) mass is 342 g/mol. The van der Waals surface area contributed by atoms with Crippen LogP contribution in [-0.4, -0.2) is 18.0 Å². The first kappa shape index (κ1) is 16.8. The van der Waals surface area contributed by atoms with Gasteiger partial charge < -0.3 is 10.6 Å². The summed E-state index contributed by atoms with van der Waals surface area (Å²) in [4.78, 5) is 23.0. The van der Waals surface area contributed by atoms with E-state index in [2.05, 4.69) is 5.32 Å². The fourth-order valence-electron chi connectivity index (χ4n) is 1.71. The van der Waals surface area contributed by atoms with Gasteiger partial charge in [-0.3, -0.25) is 9.59 Å². The zero-order valence-corrected chi connectivity index (χ0v) is 12.2. The van der Waals surface area contributed by atoms with Gasteiger partial charge in [-0.1, -0.05) is 23.7 Å². The Morgan fingerprint density at radius 3 is 2.13 bits per heavy atom.